The first-order valence-corrected chi connectivity index (χ1v) is 11.0. The van der Waals surface area contributed by atoms with Gasteiger partial charge in [-0.2, -0.15) is 13.2 Å². The molecule has 0 amide bonds. The number of aryl methyl sites for hydroxylation is 1. The number of carbonyl (C=O) groups is 2. The Balaban J connectivity index is 0.000000383. The van der Waals surface area contributed by atoms with Crippen LogP contribution in [-0.4, -0.2) is 52.9 Å². The van der Waals surface area contributed by atoms with Crippen LogP contribution in [0.1, 0.15) is 36.0 Å². The summed E-state index contributed by atoms with van der Waals surface area (Å²) in [7, 11) is 0. The summed E-state index contributed by atoms with van der Waals surface area (Å²) in [6.45, 7) is 2.67. The zero-order valence-corrected chi connectivity index (χ0v) is 18.2. The molecule has 0 saturated carbocycles. The van der Waals surface area contributed by atoms with E-state index in [0.29, 0.717) is 18.4 Å². The van der Waals surface area contributed by atoms with Gasteiger partial charge in [-0.3, -0.25) is 4.79 Å². The van der Waals surface area contributed by atoms with Crippen LogP contribution in [0.15, 0.2) is 54.6 Å². The van der Waals surface area contributed by atoms with E-state index in [9.17, 15) is 23.1 Å². The van der Waals surface area contributed by atoms with E-state index >= 15 is 0 Å². The van der Waals surface area contributed by atoms with E-state index in [2.05, 4.69) is 29.2 Å². The lowest BCUT2D eigenvalue weighted by Gasteiger charge is -2.41. The summed E-state index contributed by atoms with van der Waals surface area (Å²) in [5.41, 5.74) is 4.52. The molecule has 1 atom stereocenters. The molecule has 0 radical (unpaired) electrons. The third kappa shape index (κ3) is 6.35. The first-order valence-electron chi connectivity index (χ1n) is 11.0. The molecule has 5 nitrogen and oxygen atoms in total. The predicted octanol–water partition coefficient (Wildman–Crippen LogP) is 4.54. The van der Waals surface area contributed by atoms with Crippen molar-refractivity contribution in [3.63, 3.8) is 0 Å². The number of alkyl halides is 3. The van der Waals surface area contributed by atoms with Crippen LogP contribution in [0.4, 0.5) is 13.2 Å². The van der Waals surface area contributed by atoms with Gasteiger partial charge in [-0.25, -0.2) is 4.79 Å². The van der Waals surface area contributed by atoms with E-state index < -0.39 is 18.1 Å². The number of hydrogen-bond acceptors (Lipinski definition) is 3. The van der Waals surface area contributed by atoms with Crippen molar-refractivity contribution in [2.24, 2.45) is 5.92 Å². The largest absolute Gasteiger partial charge is 0.490 e. The van der Waals surface area contributed by atoms with Crippen molar-refractivity contribution in [3.05, 3.63) is 71.3 Å². The smallest absolute Gasteiger partial charge is 0.481 e. The maximum Gasteiger partial charge on any atom is 0.490 e. The average molecular weight is 463 g/mol. The van der Waals surface area contributed by atoms with Crippen LogP contribution in [-0.2, 0) is 27.8 Å². The van der Waals surface area contributed by atoms with Crippen LogP contribution >= 0.6 is 0 Å². The van der Waals surface area contributed by atoms with E-state index in [1.165, 1.54) is 18.4 Å². The number of fused-ring (bicyclic) bond motifs is 2. The molecule has 1 aliphatic carbocycles. The number of piperidine rings is 1. The van der Waals surface area contributed by atoms with Crippen molar-refractivity contribution >= 4 is 11.9 Å². The van der Waals surface area contributed by atoms with Crippen molar-refractivity contribution in [2.45, 2.75) is 43.7 Å². The molecule has 4 rings (SSSR count). The second kappa shape index (κ2) is 10.4. The Morgan fingerprint density at radius 1 is 0.939 bits per heavy atom. The van der Waals surface area contributed by atoms with Gasteiger partial charge >= 0.3 is 18.1 Å². The van der Waals surface area contributed by atoms with Gasteiger partial charge < -0.3 is 15.1 Å². The third-order valence-corrected chi connectivity index (χ3v) is 6.67. The fourth-order valence-electron chi connectivity index (χ4n) is 4.89. The Bertz CT molecular complexity index is 954. The van der Waals surface area contributed by atoms with Gasteiger partial charge in [0, 0.05) is 6.54 Å². The summed E-state index contributed by atoms with van der Waals surface area (Å²) in [4.78, 5) is 23.0. The van der Waals surface area contributed by atoms with Crippen molar-refractivity contribution in [3.8, 4) is 0 Å². The van der Waals surface area contributed by atoms with E-state index in [1.54, 1.807) is 5.56 Å². The molecule has 1 fully saturated rings. The number of carboxylic acids is 2. The molecule has 2 N–H and O–H groups in total. The summed E-state index contributed by atoms with van der Waals surface area (Å²) in [6, 6.07) is 18.9. The molecule has 2 aromatic rings. The molecule has 1 aliphatic heterocycles. The minimum Gasteiger partial charge on any atom is -0.481 e. The van der Waals surface area contributed by atoms with Crippen LogP contribution in [0.5, 0.6) is 0 Å². The monoisotopic (exact) mass is 463 g/mol. The van der Waals surface area contributed by atoms with E-state index in [4.69, 9.17) is 9.90 Å². The normalized spacial score (nSPS) is 18.2. The quantitative estimate of drug-likeness (QED) is 0.681. The minimum absolute atomic E-state index is 0.331. The predicted molar refractivity (Wildman–Crippen MR) is 117 cm³/mol. The third-order valence-electron chi connectivity index (χ3n) is 6.67. The zero-order valence-electron chi connectivity index (χ0n) is 18.2. The molecule has 0 bridgehead atoms. The SMILES string of the molecule is O=C(O)C(Cc1ccccc1)CN1CCC2(CCc3ccccc32)CC1.O=C(O)C(F)(F)F. The number of hydrogen-bond donors (Lipinski definition) is 2. The zero-order chi connectivity index (χ0) is 24.1. The molecular formula is C25H28F3NO4. The fourth-order valence-corrected chi connectivity index (χ4v) is 4.89. The first kappa shape index (κ1) is 24.8. The minimum atomic E-state index is -5.08. The standard InChI is InChI=1S/C23H27NO2.C2HF3O2/c25-22(26)20(16-18-6-2-1-3-7-18)17-24-14-12-23(13-15-24)11-10-19-8-4-5-9-21(19)23;3-2(4,5)1(6)7/h1-9,20H,10-17H2,(H,25,26);(H,6,7). The van der Waals surface area contributed by atoms with Gasteiger partial charge in [-0.1, -0.05) is 54.6 Å². The summed E-state index contributed by atoms with van der Waals surface area (Å²) < 4.78 is 31.7. The Morgan fingerprint density at radius 2 is 1.52 bits per heavy atom. The highest BCUT2D eigenvalue weighted by Crippen LogP contribution is 2.46. The van der Waals surface area contributed by atoms with Crippen LogP contribution < -0.4 is 0 Å². The summed E-state index contributed by atoms with van der Waals surface area (Å²) in [6.07, 6.45) is 0.290. The van der Waals surface area contributed by atoms with Gasteiger partial charge in [-0.15, -0.1) is 0 Å². The molecular weight excluding hydrogens is 435 g/mol. The lowest BCUT2D eigenvalue weighted by atomic mass is 9.73. The lowest BCUT2D eigenvalue weighted by molar-refractivity contribution is -0.192. The molecule has 1 spiro atoms. The highest BCUT2D eigenvalue weighted by Gasteiger charge is 2.41. The van der Waals surface area contributed by atoms with E-state index in [1.807, 2.05) is 30.3 Å². The molecule has 1 heterocycles. The van der Waals surface area contributed by atoms with Crippen LogP contribution in [0.2, 0.25) is 0 Å². The van der Waals surface area contributed by atoms with Crippen molar-refractivity contribution in [1.82, 2.24) is 4.90 Å². The molecule has 1 unspecified atom stereocenters. The Kier molecular flexibility index (Phi) is 7.79. The number of aliphatic carboxylic acids is 2. The van der Waals surface area contributed by atoms with Gasteiger partial charge in [0.05, 0.1) is 5.92 Å². The van der Waals surface area contributed by atoms with Crippen LogP contribution in [0.3, 0.4) is 0 Å². The molecule has 8 heteroatoms. The van der Waals surface area contributed by atoms with Gasteiger partial charge in [0.2, 0.25) is 0 Å². The number of rotatable bonds is 5. The number of carboxylic acid groups (broad SMARTS) is 2. The van der Waals surface area contributed by atoms with Gasteiger partial charge in [0.1, 0.15) is 0 Å². The molecule has 2 aliphatic rings. The van der Waals surface area contributed by atoms with E-state index in [-0.39, 0.29) is 5.92 Å². The highest BCUT2D eigenvalue weighted by atomic mass is 19.4. The lowest BCUT2D eigenvalue weighted by Crippen LogP contribution is -2.44. The molecule has 33 heavy (non-hydrogen) atoms. The average Bonchev–Trinajstić information content (AvgIpc) is 3.14. The fraction of sp³-hybridized carbons (Fsp3) is 0.440. The summed E-state index contributed by atoms with van der Waals surface area (Å²) in [5.74, 6) is -3.77. The van der Waals surface area contributed by atoms with Crippen molar-refractivity contribution in [1.29, 1.82) is 0 Å². The molecule has 178 valence electrons. The van der Waals surface area contributed by atoms with E-state index in [0.717, 1.165) is 31.5 Å². The Morgan fingerprint density at radius 3 is 2.09 bits per heavy atom. The van der Waals surface area contributed by atoms with Crippen LogP contribution in [0.25, 0.3) is 0 Å². The van der Waals surface area contributed by atoms with Crippen molar-refractivity contribution in [2.75, 3.05) is 19.6 Å². The van der Waals surface area contributed by atoms with Gasteiger partial charge in [0.15, 0.2) is 0 Å². The number of nitrogens with zero attached hydrogens (tertiary/aromatic N) is 1. The summed E-state index contributed by atoms with van der Waals surface area (Å²) >= 11 is 0. The van der Waals surface area contributed by atoms with Gasteiger partial charge in [-0.05, 0) is 67.3 Å². The maximum absolute atomic E-state index is 11.8. The Hall–Kier alpha value is -2.87. The van der Waals surface area contributed by atoms with Crippen molar-refractivity contribution < 1.29 is 33.0 Å². The maximum atomic E-state index is 11.8. The molecule has 0 aromatic heterocycles. The molecule has 1 saturated heterocycles. The first-order chi connectivity index (χ1) is 15.6. The summed E-state index contributed by atoms with van der Waals surface area (Å²) in [5, 5.41) is 16.8. The molecule has 2 aromatic carbocycles. The number of benzene rings is 2. The topological polar surface area (TPSA) is 77.8 Å². The second-order valence-electron chi connectivity index (χ2n) is 8.77. The number of likely N-dealkylation sites (tertiary alicyclic amines) is 1. The van der Waals surface area contributed by atoms with Crippen LogP contribution in [0, 0.1) is 5.92 Å². The van der Waals surface area contributed by atoms with Gasteiger partial charge in [0.25, 0.3) is 0 Å². The Labute approximate surface area is 190 Å². The second-order valence-corrected chi connectivity index (χ2v) is 8.77. The number of halogens is 3. The highest BCUT2D eigenvalue weighted by molar-refractivity contribution is 5.73.